The molecule has 2 heterocycles. The predicted molar refractivity (Wildman–Crippen MR) is 96.8 cm³/mol. The van der Waals surface area contributed by atoms with Gasteiger partial charge >= 0.3 is 0 Å². The zero-order chi connectivity index (χ0) is 17.1. The lowest BCUT2D eigenvalue weighted by Gasteiger charge is -2.24. The first-order valence-corrected chi connectivity index (χ1v) is 8.91. The minimum absolute atomic E-state index is 0.296. The topological polar surface area (TPSA) is 79.3 Å². The van der Waals surface area contributed by atoms with Crippen LogP contribution in [-0.2, 0) is 17.6 Å². The van der Waals surface area contributed by atoms with Crippen molar-refractivity contribution in [2.75, 3.05) is 30.4 Å². The zero-order valence-corrected chi connectivity index (χ0v) is 14.2. The molecular weight excluding hydrogens is 316 g/mol. The van der Waals surface area contributed by atoms with Crippen LogP contribution in [0.4, 0.5) is 11.8 Å². The highest BCUT2D eigenvalue weighted by molar-refractivity contribution is 5.42. The molecule has 2 aromatic rings. The highest BCUT2D eigenvalue weighted by Gasteiger charge is 2.34. The number of ether oxygens (including phenoxy) is 1. The molecule has 4 rings (SSSR count). The van der Waals surface area contributed by atoms with Gasteiger partial charge in [-0.3, -0.25) is 0 Å². The normalized spacial score (nSPS) is 21.6. The summed E-state index contributed by atoms with van der Waals surface area (Å²) in [7, 11) is 0. The van der Waals surface area contributed by atoms with Crippen molar-refractivity contribution in [1.29, 1.82) is 0 Å². The summed E-state index contributed by atoms with van der Waals surface area (Å²) < 4.78 is 5.49. The number of hydrogen-bond donors (Lipinski definition) is 3. The Kier molecular flexibility index (Phi) is 4.55. The van der Waals surface area contributed by atoms with Gasteiger partial charge in [0.05, 0.1) is 18.2 Å². The van der Waals surface area contributed by atoms with Gasteiger partial charge in [-0.1, -0.05) is 24.3 Å². The van der Waals surface area contributed by atoms with Crippen LogP contribution in [0.5, 0.6) is 0 Å². The first kappa shape index (κ1) is 16.3. The molecule has 0 amide bonds. The van der Waals surface area contributed by atoms with E-state index in [0.29, 0.717) is 38.0 Å². The van der Waals surface area contributed by atoms with E-state index in [2.05, 4.69) is 32.7 Å². The SMILES string of the molecule is OC1(CNc2nccc(NC3CCCOC3)n2)Cc2ccccc2C1. The van der Waals surface area contributed by atoms with Gasteiger partial charge in [0.1, 0.15) is 5.82 Å². The second kappa shape index (κ2) is 6.98. The summed E-state index contributed by atoms with van der Waals surface area (Å²) in [6.07, 6.45) is 5.21. The summed E-state index contributed by atoms with van der Waals surface area (Å²) in [5.74, 6) is 1.32. The van der Waals surface area contributed by atoms with Crippen LogP contribution in [0.1, 0.15) is 24.0 Å². The molecule has 6 heteroatoms. The van der Waals surface area contributed by atoms with Gasteiger partial charge in [-0.2, -0.15) is 4.98 Å². The van der Waals surface area contributed by atoms with Gasteiger partial charge in [0.2, 0.25) is 5.95 Å². The van der Waals surface area contributed by atoms with Crippen molar-refractivity contribution in [1.82, 2.24) is 9.97 Å². The van der Waals surface area contributed by atoms with Crippen LogP contribution in [-0.4, -0.2) is 46.5 Å². The number of aromatic nitrogens is 2. The summed E-state index contributed by atoms with van der Waals surface area (Å²) in [4.78, 5) is 8.78. The number of hydrogen-bond acceptors (Lipinski definition) is 6. The highest BCUT2D eigenvalue weighted by Crippen LogP contribution is 2.30. The van der Waals surface area contributed by atoms with Gasteiger partial charge in [-0.25, -0.2) is 4.98 Å². The van der Waals surface area contributed by atoms with E-state index in [0.717, 1.165) is 25.3 Å². The minimum atomic E-state index is -0.784. The van der Waals surface area contributed by atoms with Gasteiger partial charge in [0.25, 0.3) is 0 Å². The van der Waals surface area contributed by atoms with Crippen molar-refractivity contribution in [3.8, 4) is 0 Å². The van der Waals surface area contributed by atoms with Crippen molar-refractivity contribution in [2.45, 2.75) is 37.3 Å². The molecule has 1 saturated heterocycles. The number of benzene rings is 1. The van der Waals surface area contributed by atoms with E-state index in [1.807, 2.05) is 18.2 Å². The first-order valence-electron chi connectivity index (χ1n) is 8.91. The molecule has 1 aliphatic carbocycles. The second-order valence-corrected chi connectivity index (χ2v) is 7.02. The lowest BCUT2D eigenvalue weighted by molar-refractivity contribution is 0.0649. The molecule has 25 heavy (non-hydrogen) atoms. The fraction of sp³-hybridized carbons (Fsp3) is 0.474. The second-order valence-electron chi connectivity index (χ2n) is 7.02. The van der Waals surface area contributed by atoms with E-state index in [1.165, 1.54) is 11.1 Å². The molecule has 6 nitrogen and oxygen atoms in total. The predicted octanol–water partition coefficient (Wildman–Crippen LogP) is 2.01. The van der Waals surface area contributed by atoms with Crippen LogP contribution in [0.3, 0.4) is 0 Å². The average Bonchev–Trinajstić information content (AvgIpc) is 2.98. The number of fused-ring (bicyclic) bond motifs is 1. The summed E-state index contributed by atoms with van der Waals surface area (Å²) >= 11 is 0. The largest absolute Gasteiger partial charge is 0.387 e. The Morgan fingerprint density at radius 3 is 2.72 bits per heavy atom. The molecule has 1 fully saturated rings. The third-order valence-electron chi connectivity index (χ3n) is 4.90. The van der Waals surface area contributed by atoms with Crippen molar-refractivity contribution >= 4 is 11.8 Å². The number of anilines is 2. The highest BCUT2D eigenvalue weighted by atomic mass is 16.5. The van der Waals surface area contributed by atoms with Gasteiger partial charge in [-0.15, -0.1) is 0 Å². The van der Waals surface area contributed by atoms with E-state index < -0.39 is 5.60 Å². The summed E-state index contributed by atoms with van der Waals surface area (Å²) in [5, 5.41) is 17.4. The standard InChI is InChI=1S/C19H24N4O2/c24-19(10-14-4-1-2-5-15(14)11-19)13-21-18-20-8-7-17(23-18)22-16-6-3-9-25-12-16/h1-2,4-5,7-8,16,24H,3,6,9-13H2,(H2,20,21,22,23). The van der Waals surface area contributed by atoms with Gasteiger partial charge in [0, 0.05) is 32.2 Å². The third kappa shape index (κ3) is 3.91. The minimum Gasteiger partial charge on any atom is -0.387 e. The molecule has 2 aliphatic rings. The molecule has 3 N–H and O–H groups in total. The molecule has 0 saturated carbocycles. The molecule has 0 bridgehead atoms. The lowest BCUT2D eigenvalue weighted by Crippen LogP contribution is -2.38. The fourth-order valence-electron chi connectivity index (χ4n) is 3.63. The average molecular weight is 340 g/mol. The van der Waals surface area contributed by atoms with Crippen molar-refractivity contribution in [3.05, 3.63) is 47.7 Å². The Bertz CT molecular complexity index is 706. The smallest absolute Gasteiger partial charge is 0.224 e. The summed E-state index contributed by atoms with van der Waals surface area (Å²) in [5.41, 5.74) is 1.66. The molecule has 1 atom stereocenters. The van der Waals surface area contributed by atoms with Crippen LogP contribution in [0, 0.1) is 0 Å². The Hall–Kier alpha value is -2.18. The fourth-order valence-corrected chi connectivity index (χ4v) is 3.63. The van der Waals surface area contributed by atoms with Gasteiger partial charge < -0.3 is 20.5 Å². The van der Waals surface area contributed by atoms with Crippen molar-refractivity contribution in [2.24, 2.45) is 0 Å². The molecule has 0 radical (unpaired) electrons. The Morgan fingerprint density at radius 1 is 1.20 bits per heavy atom. The van der Waals surface area contributed by atoms with Crippen LogP contribution in [0.25, 0.3) is 0 Å². The van der Waals surface area contributed by atoms with Gasteiger partial charge in [0.15, 0.2) is 0 Å². The number of nitrogens with zero attached hydrogens (tertiary/aromatic N) is 2. The number of aliphatic hydroxyl groups is 1. The van der Waals surface area contributed by atoms with E-state index in [9.17, 15) is 5.11 Å². The first-order chi connectivity index (χ1) is 12.2. The molecule has 132 valence electrons. The zero-order valence-electron chi connectivity index (χ0n) is 14.2. The third-order valence-corrected chi connectivity index (χ3v) is 4.90. The molecule has 0 spiro atoms. The van der Waals surface area contributed by atoms with Crippen molar-refractivity contribution in [3.63, 3.8) is 0 Å². The molecule has 1 aromatic carbocycles. The maximum absolute atomic E-state index is 10.9. The molecule has 1 unspecified atom stereocenters. The van der Waals surface area contributed by atoms with Crippen LogP contribution < -0.4 is 10.6 Å². The molecule has 1 aromatic heterocycles. The lowest BCUT2D eigenvalue weighted by atomic mass is 10.0. The van der Waals surface area contributed by atoms with Crippen LogP contribution >= 0.6 is 0 Å². The number of nitrogens with one attached hydrogen (secondary N) is 2. The Morgan fingerprint density at radius 2 is 2.00 bits per heavy atom. The molecular formula is C19H24N4O2. The monoisotopic (exact) mass is 340 g/mol. The quantitative estimate of drug-likeness (QED) is 0.773. The van der Waals surface area contributed by atoms with E-state index in [1.54, 1.807) is 6.20 Å². The van der Waals surface area contributed by atoms with E-state index in [-0.39, 0.29) is 0 Å². The maximum Gasteiger partial charge on any atom is 0.224 e. The summed E-state index contributed by atoms with van der Waals surface area (Å²) in [6.45, 7) is 1.98. The molecule has 1 aliphatic heterocycles. The van der Waals surface area contributed by atoms with Crippen LogP contribution in [0.2, 0.25) is 0 Å². The Labute approximate surface area is 147 Å². The number of rotatable bonds is 5. The van der Waals surface area contributed by atoms with E-state index in [4.69, 9.17) is 4.74 Å². The maximum atomic E-state index is 10.9. The van der Waals surface area contributed by atoms with Crippen molar-refractivity contribution < 1.29 is 9.84 Å². The van der Waals surface area contributed by atoms with E-state index >= 15 is 0 Å². The summed E-state index contributed by atoms with van der Waals surface area (Å²) in [6, 6.07) is 10.4. The van der Waals surface area contributed by atoms with Crippen LogP contribution in [0.15, 0.2) is 36.5 Å². The Balaban J connectivity index is 1.36. The van der Waals surface area contributed by atoms with Gasteiger partial charge in [-0.05, 0) is 30.0 Å².